The molecule has 0 bridgehead atoms. The number of aryl methyl sites for hydroxylation is 1. The van der Waals surface area contributed by atoms with Gasteiger partial charge in [-0.15, -0.1) is 5.10 Å². The third kappa shape index (κ3) is 4.48. The Balaban J connectivity index is 1.29. The van der Waals surface area contributed by atoms with Crippen LogP contribution in [-0.2, 0) is 6.18 Å². The van der Waals surface area contributed by atoms with Gasteiger partial charge in [0.05, 0.1) is 17.3 Å². The lowest BCUT2D eigenvalue weighted by molar-refractivity contribution is -0.144. The van der Waals surface area contributed by atoms with Gasteiger partial charge >= 0.3 is 6.18 Å². The third-order valence-electron chi connectivity index (χ3n) is 7.49. The number of carbonyl (C=O) groups excluding carboxylic acids is 1. The quantitative estimate of drug-likeness (QED) is 0.344. The number of carbonyl (C=O) groups is 1. The van der Waals surface area contributed by atoms with Crippen molar-refractivity contribution in [3.05, 3.63) is 64.7 Å². The Morgan fingerprint density at radius 2 is 2.05 bits per heavy atom. The first-order chi connectivity index (χ1) is 18.2. The van der Waals surface area contributed by atoms with E-state index in [-0.39, 0.29) is 23.2 Å². The fourth-order valence-corrected chi connectivity index (χ4v) is 5.93. The number of likely N-dealkylation sites (tertiary alicyclic amines) is 1. The monoisotopic (exact) mass is 544 g/mol. The summed E-state index contributed by atoms with van der Waals surface area (Å²) in [5.74, 6) is -0.835. The number of alkyl halides is 3. The fourth-order valence-electron chi connectivity index (χ4n) is 5.77. The molecule has 2 aromatic heterocycles. The van der Waals surface area contributed by atoms with Gasteiger partial charge in [-0.1, -0.05) is 29.7 Å². The van der Waals surface area contributed by atoms with E-state index in [9.17, 15) is 18.0 Å². The predicted molar refractivity (Wildman–Crippen MR) is 134 cm³/mol. The molecule has 1 aliphatic carbocycles. The average molecular weight is 545 g/mol. The number of oxazole rings is 1. The van der Waals surface area contributed by atoms with Crippen LogP contribution in [0.5, 0.6) is 0 Å². The van der Waals surface area contributed by atoms with E-state index in [2.05, 4.69) is 20.4 Å². The number of hydrogen-bond donors (Lipinski definition) is 1. The van der Waals surface area contributed by atoms with E-state index < -0.39 is 12.0 Å². The van der Waals surface area contributed by atoms with Crippen molar-refractivity contribution in [2.45, 2.75) is 38.4 Å². The molecular weight excluding hydrogens is 521 g/mol. The molecule has 12 heteroatoms. The van der Waals surface area contributed by atoms with Gasteiger partial charge in [-0.2, -0.15) is 18.2 Å². The molecule has 2 aliphatic rings. The summed E-state index contributed by atoms with van der Waals surface area (Å²) in [7, 11) is 0. The number of nitrogens with one attached hydrogen (secondary N) is 1. The van der Waals surface area contributed by atoms with Gasteiger partial charge in [0, 0.05) is 18.1 Å². The summed E-state index contributed by atoms with van der Waals surface area (Å²) in [4.78, 5) is 23.7. The predicted octanol–water partition coefficient (Wildman–Crippen LogP) is 5.74. The molecule has 2 aromatic carbocycles. The van der Waals surface area contributed by atoms with Gasteiger partial charge in [0.25, 0.3) is 17.7 Å². The summed E-state index contributed by atoms with van der Waals surface area (Å²) in [6.45, 7) is 2.84. The highest BCUT2D eigenvalue weighted by atomic mass is 35.5. The number of halogens is 4. The van der Waals surface area contributed by atoms with Crippen LogP contribution in [0, 0.1) is 18.8 Å². The van der Waals surface area contributed by atoms with Gasteiger partial charge < -0.3 is 14.6 Å². The molecule has 0 radical (unpaired) electrons. The van der Waals surface area contributed by atoms with E-state index in [1.807, 2.05) is 11.8 Å². The Morgan fingerprint density at radius 3 is 2.84 bits per heavy atom. The zero-order valence-electron chi connectivity index (χ0n) is 20.4. The van der Waals surface area contributed by atoms with Crippen molar-refractivity contribution in [3.63, 3.8) is 0 Å². The molecule has 0 spiro atoms. The highest BCUT2D eigenvalue weighted by molar-refractivity contribution is 6.31. The Hall–Kier alpha value is -3.60. The molecule has 1 aliphatic heterocycles. The summed E-state index contributed by atoms with van der Waals surface area (Å²) in [6.07, 6.45) is -0.557. The van der Waals surface area contributed by atoms with Gasteiger partial charge in [-0.05, 0) is 61.9 Å². The maximum atomic E-state index is 14.0. The zero-order valence-corrected chi connectivity index (χ0v) is 21.1. The van der Waals surface area contributed by atoms with Crippen LogP contribution < -0.4 is 5.32 Å². The number of aromatic nitrogens is 4. The lowest BCUT2D eigenvalue weighted by atomic mass is 9.94. The van der Waals surface area contributed by atoms with Crippen LogP contribution in [0.2, 0.25) is 5.02 Å². The maximum Gasteiger partial charge on any atom is 0.453 e. The number of hydrogen-bond acceptors (Lipinski definition) is 6. The second-order valence-corrected chi connectivity index (χ2v) is 10.4. The van der Waals surface area contributed by atoms with Crippen molar-refractivity contribution in [3.8, 4) is 5.69 Å². The molecule has 3 unspecified atom stereocenters. The largest absolute Gasteiger partial charge is 0.453 e. The van der Waals surface area contributed by atoms with Crippen LogP contribution in [0.15, 0.2) is 47.1 Å². The average Bonchev–Trinajstić information content (AvgIpc) is 3.65. The zero-order chi connectivity index (χ0) is 26.6. The highest BCUT2D eigenvalue weighted by Gasteiger charge is 2.46. The maximum absolute atomic E-state index is 14.0. The van der Waals surface area contributed by atoms with E-state index in [1.165, 1.54) is 0 Å². The third-order valence-corrected chi connectivity index (χ3v) is 7.73. The van der Waals surface area contributed by atoms with E-state index in [0.29, 0.717) is 47.1 Å². The van der Waals surface area contributed by atoms with E-state index >= 15 is 0 Å². The van der Waals surface area contributed by atoms with E-state index in [1.54, 1.807) is 36.4 Å². The molecule has 1 saturated heterocycles. The first-order valence-corrected chi connectivity index (χ1v) is 12.8. The fraction of sp³-hybridized carbons (Fsp3) is 0.385. The molecule has 4 aromatic rings. The standard InChI is InChI=1S/C26H24ClF3N6O2/c1-14-5-7-20(36-13-32-24(34-36)26(28,29)30)18(9-14)23(37)35-12-15-3-2-4-17(15)21(35)11-31-25-33-19-10-16(27)6-8-22(19)38-25/h5-10,13,15,17,21H,2-4,11-12H2,1H3,(H,31,33). The Kier molecular flexibility index (Phi) is 6.05. The number of fused-ring (bicyclic) bond motifs is 2. The number of amides is 1. The van der Waals surface area contributed by atoms with Crippen molar-refractivity contribution in [1.82, 2.24) is 24.6 Å². The Bertz CT molecular complexity index is 1520. The summed E-state index contributed by atoms with van der Waals surface area (Å²) >= 11 is 6.06. The smallest absolute Gasteiger partial charge is 0.424 e. The van der Waals surface area contributed by atoms with Gasteiger partial charge in [0.15, 0.2) is 5.58 Å². The van der Waals surface area contributed by atoms with Gasteiger partial charge in [0.1, 0.15) is 11.8 Å². The lowest BCUT2D eigenvalue weighted by Crippen LogP contribution is -2.42. The van der Waals surface area contributed by atoms with Crippen LogP contribution in [-0.4, -0.2) is 49.7 Å². The summed E-state index contributed by atoms with van der Waals surface area (Å²) in [6, 6.07) is 10.4. The van der Waals surface area contributed by atoms with Gasteiger partial charge in [0.2, 0.25) is 0 Å². The molecule has 3 heterocycles. The van der Waals surface area contributed by atoms with E-state index in [0.717, 1.165) is 35.8 Å². The lowest BCUT2D eigenvalue weighted by Gasteiger charge is -2.29. The Morgan fingerprint density at radius 1 is 1.21 bits per heavy atom. The van der Waals surface area contributed by atoms with E-state index in [4.69, 9.17) is 16.0 Å². The van der Waals surface area contributed by atoms with Crippen LogP contribution >= 0.6 is 11.6 Å². The molecule has 198 valence electrons. The SMILES string of the molecule is Cc1ccc(-n2cnc(C(F)(F)F)n2)c(C(=O)N2CC3CCCC3C2CNc2nc3cc(Cl)ccc3o2)c1. The number of rotatable bonds is 5. The van der Waals surface area contributed by atoms with Crippen molar-refractivity contribution >= 4 is 34.6 Å². The summed E-state index contributed by atoms with van der Waals surface area (Å²) in [5.41, 5.74) is 2.58. The molecular formula is C26H24ClF3N6O2. The normalized spacial score (nSPS) is 21.3. The van der Waals surface area contributed by atoms with Crippen molar-refractivity contribution in [2.75, 3.05) is 18.4 Å². The first kappa shape index (κ1) is 24.7. The molecule has 1 saturated carbocycles. The summed E-state index contributed by atoms with van der Waals surface area (Å²) in [5, 5.41) is 7.41. The summed E-state index contributed by atoms with van der Waals surface area (Å²) < 4.78 is 46.2. The highest BCUT2D eigenvalue weighted by Crippen LogP contribution is 2.43. The topological polar surface area (TPSA) is 89.1 Å². The first-order valence-electron chi connectivity index (χ1n) is 12.4. The molecule has 3 atom stereocenters. The second kappa shape index (κ2) is 9.30. The number of benzene rings is 2. The molecule has 6 rings (SSSR count). The number of anilines is 1. The van der Waals surface area contributed by atoms with Crippen LogP contribution in [0.25, 0.3) is 16.8 Å². The minimum Gasteiger partial charge on any atom is -0.424 e. The van der Waals surface area contributed by atoms with Crippen molar-refractivity contribution < 1.29 is 22.4 Å². The molecule has 1 amide bonds. The van der Waals surface area contributed by atoms with Crippen LogP contribution in [0.1, 0.15) is 41.0 Å². The molecule has 2 fully saturated rings. The van der Waals surface area contributed by atoms with Crippen LogP contribution in [0.4, 0.5) is 19.2 Å². The minimum atomic E-state index is -4.68. The molecule has 38 heavy (non-hydrogen) atoms. The molecule has 1 N–H and O–H groups in total. The van der Waals surface area contributed by atoms with Gasteiger partial charge in [-0.3, -0.25) is 4.79 Å². The van der Waals surface area contributed by atoms with Gasteiger partial charge in [-0.25, -0.2) is 9.67 Å². The minimum absolute atomic E-state index is 0.136. The molecule has 8 nitrogen and oxygen atoms in total. The second-order valence-electron chi connectivity index (χ2n) is 9.92. The van der Waals surface area contributed by atoms with Crippen molar-refractivity contribution in [2.24, 2.45) is 11.8 Å². The van der Waals surface area contributed by atoms with Crippen molar-refractivity contribution in [1.29, 1.82) is 0 Å². The number of nitrogens with zero attached hydrogens (tertiary/aromatic N) is 5. The van der Waals surface area contributed by atoms with Crippen LogP contribution in [0.3, 0.4) is 0 Å². The Labute approximate surface area is 220 Å².